The normalized spacial score (nSPS) is 48.2. The van der Waals surface area contributed by atoms with E-state index in [2.05, 4.69) is 11.9 Å². The number of hydrogen-bond acceptors (Lipinski definition) is 6. The highest BCUT2D eigenvalue weighted by Crippen LogP contribution is 2.86. The van der Waals surface area contributed by atoms with Crippen LogP contribution in [0.3, 0.4) is 0 Å². The van der Waals surface area contributed by atoms with Gasteiger partial charge in [0.15, 0.2) is 0 Å². The fourth-order valence-corrected chi connectivity index (χ4v) is 8.92. The second kappa shape index (κ2) is 6.81. The third-order valence-electron chi connectivity index (χ3n) is 10.4. The Hall–Kier alpha value is -1.54. The molecule has 1 spiro atoms. The molecule has 4 aliphatic rings. The second-order valence-electron chi connectivity index (χ2n) is 13.0. The van der Waals surface area contributed by atoms with Gasteiger partial charge in [0.2, 0.25) is 5.91 Å². The zero-order valence-electron chi connectivity index (χ0n) is 22.2. The fourth-order valence-electron chi connectivity index (χ4n) is 8.92. The predicted molar refractivity (Wildman–Crippen MR) is 130 cm³/mol. The third kappa shape index (κ3) is 2.42. The molecule has 0 bridgehead atoms. The summed E-state index contributed by atoms with van der Waals surface area (Å²) in [6, 6.07) is -0.639. The van der Waals surface area contributed by atoms with E-state index in [1.165, 1.54) is 0 Å². The van der Waals surface area contributed by atoms with Crippen molar-refractivity contribution in [3.63, 3.8) is 0 Å². The molecule has 190 valence electrons. The molecule has 3 aliphatic carbocycles. The Balaban J connectivity index is 2.04. The average Bonchev–Trinajstić information content (AvgIpc) is 2.67. The van der Waals surface area contributed by atoms with Gasteiger partial charge in [-0.3, -0.25) is 9.59 Å². The number of hydrogen-bond donors (Lipinski definition) is 3. The summed E-state index contributed by atoms with van der Waals surface area (Å²) in [4.78, 5) is 29.2. The maximum atomic E-state index is 14.4. The zero-order valence-corrected chi connectivity index (χ0v) is 22.2. The van der Waals surface area contributed by atoms with E-state index in [-0.39, 0.29) is 31.1 Å². The highest BCUT2D eigenvalue weighted by molar-refractivity contribution is 5.94. The van der Waals surface area contributed by atoms with Gasteiger partial charge >= 0.3 is 0 Å². The summed E-state index contributed by atoms with van der Waals surface area (Å²) in [5, 5.41) is 26.6. The SMILES string of the molecule is C=C[C@@]1(C)CC(=O)[C@@]23C(C)(C)C4(O)CC(O)C(C)(C)C(=C[C@H](NC(=O)CN(C)C)[C@@]2(C)O1)[C@]43C. The number of nitrogens with zero attached hydrogens (tertiary/aromatic N) is 1. The van der Waals surface area contributed by atoms with Crippen LogP contribution in [-0.2, 0) is 14.3 Å². The van der Waals surface area contributed by atoms with Crippen molar-refractivity contribution >= 4 is 11.7 Å². The van der Waals surface area contributed by atoms with E-state index >= 15 is 0 Å². The first-order valence-corrected chi connectivity index (χ1v) is 12.3. The molecule has 1 amide bonds. The van der Waals surface area contributed by atoms with Crippen molar-refractivity contribution in [3.05, 3.63) is 24.3 Å². The Bertz CT molecular complexity index is 1000. The predicted octanol–water partition coefficient (Wildman–Crippen LogP) is 2.22. The lowest BCUT2D eigenvalue weighted by Crippen LogP contribution is -2.95. The number of carbonyl (C=O) groups excluding carboxylic acids is 2. The monoisotopic (exact) mass is 474 g/mol. The van der Waals surface area contributed by atoms with Crippen molar-refractivity contribution in [1.29, 1.82) is 0 Å². The van der Waals surface area contributed by atoms with E-state index in [1.54, 1.807) is 11.0 Å². The van der Waals surface area contributed by atoms with E-state index in [9.17, 15) is 19.8 Å². The van der Waals surface area contributed by atoms with E-state index < -0.39 is 50.6 Å². The molecule has 2 unspecified atom stereocenters. The molecule has 4 rings (SSSR count). The van der Waals surface area contributed by atoms with Crippen LogP contribution in [0.1, 0.15) is 61.3 Å². The van der Waals surface area contributed by atoms with Crippen molar-refractivity contribution in [2.24, 2.45) is 21.7 Å². The molecule has 34 heavy (non-hydrogen) atoms. The highest BCUT2D eigenvalue weighted by atomic mass is 16.5. The number of likely N-dealkylation sites (N-methyl/N-ethyl adjacent to an activating group) is 1. The number of rotatable bonds is 4. The van der Waals surface area contributed by atoms with Crippen LogP contribution in [0.15, 0.2) is 24.3 Å². The molecule has 7 heteroatoms. The quantitative estimate of drug-likeness (QED) is 0.541. The number of amides is 1. The summed E-state index contributed by atoms with van der Waals surface area (Å²) in [5.41, 5.74) is -6.28. The van der Waals surface area contributed by atoms with Crippen molar-refractivity contribution in [3.8, 4) is 0 Å². The lowest BCUT2D eigenvalue weighted by molar-refractivity contribution is -0.417. The molecule has 7 nitrogen and oxygen atoms in total. The third-order valence-corrected chi connectivity index (χ3v) is 10.4. The molecule has 7 atom stereocenters. The van der Waals surface area contributed by atoms with Gasteiger partial charge in [0, 0.05) is 29.1 Å². The molecule has 0 aromatic rings. The topological polar surface area (TPSA) is 99.1 Å². The van der Waals surface area contributed by atoms with Crippen LogP contribution < -0.4 is 5.32 Å². The summed E-state index contributed by atoms with van der Waals surface area (Å²) < 4.78 is 6.85. The van der Waals surface area contributed by atoms with Crippen molar-refractivity contribution in [1.82, 2.24) is 10.2 Å². The molecule has 3 fully saturated rings. The van der Waals surface area contributed by atoms with E-state index in [4.69, 9.17) is 4.74 Å². The van der Waals surface area contributed by atoms with Gasteiger partial charge in [0.25, 0.3) is 0 Å². The number of ether oxygens (including phenoxy) is 1. The highest BCUT2D eigenvalue weighted by Gasteiger charge is 2.94. The molecule has 2 saturated carbocycles. The standard InChI is InChI=1S/C27H42N2O5/c1-11-23(6)13-19(31)27-22(4,5)26(33)14-18(30)21(2,3)16(24(26,27)7)12-17(25(27,8)34-23)28-20(32)15-29(9)10/h11-12,17-18,30,33H,1,13-15H2,2-10H3,(H,28,32)/t17-,18?,23-,24+,25+,26?,27-/m0/s1. The molecule has 0 radical (unpaired) electrons. The number of carbonyl (C=O) groups is 2. The minimum absolute atomic E-state index is 0.00507. The summed E-state index contributed by atoms with van der Waals surface area (Å²) in [6.07, 6.45) is 3.12. The van der Waals surface area contributed by atoms with Gasteiger partial charge in [-0.1, -0.05) is 52.3 Å². The molecule has 0 aromatic carbocycles. The van der Waals surface area contributed by atoms with Gasteiger partial charge in [-0.05, 0) is 27.9 Å². The molecule has 0 aromatic heterocycles. The number of Topliss-reactive ketones (excluding diaryl/α,β-unsaturated/α-hetero) is 1. The zero-order chi connectivity index (χ0) is 25.9. The van der Waals surface area contributed by atoms with Gasteiger partial charge in [0.1, 0.15) is 11.4 Å². The second-order valence-corrected chi connectivity index (χ2v) is 13.0. The summed E-state index contributed by atoms with van der Waals surface area (Å²) in [5.74, 6) is -0.180. The first-order chi connectivity index (χ1) is 15.3. The van der Waals surface area contributed by atoms with Gasteiger partial charge < -0.3 is 25.2 Å². The van der Waals surface area contributed by atoms with Crippen molar-refractivity contribution in [2.75, 3.05) is 20.6 Å². The van der Waals surface area contributed by atoms with Crippen LogP contribution in [0.2, 0.25) is 0 Å². The van der Waals surface area contributed by atoms with Crippen LogP contribution in [0.5, 0.6) is 0 Å². The molecule has 1 heterocycles. The fraction of sp³-hybridized carbons (Fsp3) is 0.778. The Morgan fingerprint density at radius 3 is 2.35 bits per heavy atom. The molecular weight excluding hydrogens is 432 g/mol. The van der Waals surface area contributed by atoms with E-state index in [0.29, 0.717) is 0 Å². The molecule has 3 N–H and O–H groups in total. The Morgan fingerprint density at radius 2 is 1.82 bits per heavy atom. The summed E-state index contributed by atoms with van der Waals surface area (Å²) in [7, 11) is 3.65. The smallest absolute Gasteiger partial charge is 0.234 e. The van der Waals surface area contributed by atoms with Gasteiger partial charge in [-0.2, -0.15) is 0 Å². The average molecular weight is 475 g/mol. The molecule has 1 aliphatic heterocycles. The molecular formula is C27H42N2O5. The van der Waals surface area contributed by atoms with E-state index in [1.807, 2.05) is 68.6 Å². The summed E-state index contributed by atoms with van der Waals surface area (Å²) in [6.45, 7) is 17.6. The number of ketones is 1. The number of aliphatic hydroxyl groups excluding tert-OH is 1. The summed E-state index contributed by atoms with van der Waals surface area (Å²) >= 11 is 0. The number of aliphatic hydroxyl groups is 2. The lowest BCUT2D eigenvalue weighted by atomic mass is 9.18. The number of nitrogens with one attached hydrogen (secondary N) is 1. The first kappa shape index (κ1) is 25.5. The Kier molecular flexibility index (Phi) is 5.12. The van der Waals surface area contributed by atoms with Crippen molar-refractivity contribution < 1.29 is 24.5 Å². The largest absolute Gasteiger partial charge is 0.392 e. The van der Waals surface area contributed by atoms with Gasteiger partial charge in [-0.15, -0.1) is 6.58 Å². The van der Waals surface area contributed by atoms with Crippen LogP contribution >= 0.6 is 0 Å². The first-order valence-electron chi connectivity index (χ1n) is 12.3. The van der Waals surface area contributed by atoms with Crippen LogP contribution in [0.25, 0.3) is 0 Å². The van der Waals surface area contributed by atoms with E-state index in [0.717, 1.165) is 5.57 Å². The van der Waals surface area contributed by atoms with Crippen LogP contribution in [0.4, 0.5) is 0 Å². The van der Waals surface area contributed by atoms with Crippen molar-refractivity contribution in [2.45, 2.75) is 90.3 Å². The maximum absolute atomic E-state index is 14.4. The van der Waals surface area contributed by atoms with Gasteiger partial charge in [-0.25, -0.2) is 0 Å². The maximum Gasteiger partial charge on any atom is 0.234 e. The van der Waals surface area contributed by atoms with Crippen LogP contribution in [0, 0.1) is 21.7 Å². The minimum Gasteiger partial charge on any atom is -0.392 e. The Labute approximate surface area is 203 Å². The van der Waals surface area contributed by atoms with Crippen LogP contribution in [-0.4, -0.2) is 76.4 Å². The minimum atomic E-state index is -1.32. The lowest BCUT2D eigenvalue weighted by Gasteiger charge is -2.86. The van der Waals surface area contributed by atoms with Gasteiger partial charge in [0.05, 0.1) is 35.3 Å². The Morgan fingerprint density at radius 1 is 1.24 bits per heavy atom. The molecule has 1 saturated heterocycles.